The molecular formula is C28H39F2N. The maximum Gasteiger partial charge on any atom is 0.141 e. The maximum absolute atomic E-state index is 13.9. The summed E-state index contributed by atoms with van der Waals surface area (Å²) in [6, 6.07) is 7.08. The molecule has 31 heavy (non-hydrogen) atoms. The fourth-order valence-electron chi connectivity index (χ4n) is 5.70. The van der Waals surface area contributed by atoms with E-state index in [2.05, 4.69) is 12.2 Å². The van der Waals surface area contributed by atoms with Crippen molar-refractivity contribution in [1.29, 1.82) is 5.26 Å². The molecule has 0 aromatic heterocycles. The molecule has 0 unspecified atom stereocenters. The van der Waals surface area contributed by atoms with Gasteiger partial charge in [0.25, 0.3) is 0 Å². The van der Waals surface area contributed by atoms with E-state index in [1.807, 2.05) is 12.1 Å². The summed E-state index contributed by atoms with van der Waals surface area (Å²) < 4.78 is 26.0. The zero-order valence-corrected chi connectivity index (χ0v) is 19.0. The van der Waals surface area contributed by atoms with Gasteiger partial charge in [-0.1, -0.05) is 56.7 Å². The average Bonchev–Trinajstić information content (AvgIpc) is 2.81. The molecule has 0 saturated heterocycles. The van der Waals surface area contributed by atoms with Crippen LogP contribution in [0.15, 0.2) is 30.4 Å². The Kier molecular flexibility index (Phi) is 10.0. The van der Waals surface area contributed by atoms with Gasteiger partial charge in [-0.3, -0.25) is 4.39 Å². The highest BCUT2D eigenvalue weighted by atomic mass is 19.1. The van der Waals surface area contributed by atoms with Gasteiger partial charge in [0, 0.05) is 0 Å². The summed E-state index contributed by atoms with van der Waals surface area (Å²) in [4.78, 5) is 0. The van der Waals surface area contributed by atoms with Crippen LogP contribution in [-0.2, 0) is 0 Å². The largest absolute Gasteiger partial charge is 0.251 e. The Balaban J connectivity index is 1.29. The van der Waals surface area contributed by atoms with Gasteiger partial charge in [-0.25, -0.2) is 4.39 Å². The average molecular weight is 428 g/mol. The highest BCUT2D eigenvalue weighted by Gasteiger charge is 2.25. The molecule has 2 aliphatic rings. The van der Waals surface area contributed by atoms with Crippen molar-refractivity contribution in [2.24, 2.45) is 17.8 Å². The van der Waals surface area contributed by atoms with Crippen molar-refractivity contribution in [3.63, 3.8) is 0 Å². The molecule has 0 N–H and O–H groups in total. The van der Waals surface area contributed by atoms with Gasteiger partial charge in [0.15, 0.2) is 0 Å². The number of unbranched alkanes of at least 4 members (excludes halogenated alkanes) is 1. The Morgan fingerprint density at radius 2 is 1.42 bits per heavy atom. The summed E-state index contributed by atoms with van der Waals surface area (Å²) in [6.45, 7) is -0.201. The molecule has 2 aliphatic carbocycles. The molecule has 2 saturated carbocycles. The van der Waals surface area contributed by atoms with E-state index in [0.29, 0.717) is 12.3 Å². The van der Waals surface area contributed by atoms with Gasteiger partial charge < -0.3 is 0 Å². The second kappa shape index (κ2) is 13.0. The summed E-state index contributed by atoms with van der Waals surface area (Å²) in [5, 5.41) is 8.91. The monoisotopic (exact) mass is 427 g/mol. The summed E-state index contributed by atoms with van der Waals surface area (Å²) in [5.74, 6) is 2.74. The van der Waals surface area contributed by atoms with Crippen molar-refractivity contribution < 1.29 is 8.78 Å². The molecule has 0 bridgehead atoms. The van der Waals surface area contributed by atoms with E-state index in [1.165, 1.54) is 57.8 Å². The number of hydrogen-bond acceptors (Lipinski definition) is 1. The Morgan fingerprint density at radius 3 is 2.00 bits per heavy atom. The fraction of sp³-hybridized carbons (Fsp3) is 0.679. The fourth-order valence-corrected chi connectivity index (χ4v) is 5.70. The Morgan fingerprint density at radius 1 is 0.839 bits per heavy atom. The minimum atomic E-state index is -0.370. The van der Waals surface area contributed by atoms with E-state index < -0.39 is 0 Å². The smallest absolute Gasteiger partial charge is 0.141 e. The van der Waals surface area contributed by atoms with Gasteiger partial charge >= 0.3 is 0 Å². The molecule has 0 heterocycles. The van der Waals surface area contributed by atoms with Crippen LogP contribution in [0.1, 0.15) is 107 Å². The molecule has 2 fully saturated rings. The third kappa shape index (κ3) is 7.74. The molecule has 0 radical (unpaired) electrons. The number of rotatable bonds is 10. The van der Waals surface area contributed by atoms with Crippen LogP contribution in [-0.4, -0.2) is 6.67 Å². The lowest BCUT2D eigenvalue weighted by molar-refractivity contribution is 0.225. The first-order valence-electron chi connectivity index (χ1n) is 12.6. The number of hydrogen-bond donors (Lipinski definition) is 0. The van der Waals surface area contributed by atoms with Crippen molar-refractivity contribution >= 4 is 0 Å². The molecule has 1 aromatic carbocycles. The molecule has 0 atom stereocenters. The van der Waals surface area contributed by atoms with Crippen LogP contribution in [0.2, 0.25) is 0 Å². The number of nitrogens with zero attached hydrogens (tertiary/aromatic N) is 1. The van der Waals surface area contributed by atoms with Crippen LogP contribution in [0.3, 0.4) is 0 Å². The summed E-state index contributed by atoms with van der Waals surface area (Å²) in [7, 11) is 0. The summed E-state index contributed by atoms with van der Waals surface area (Å²) in [6.07, 6.45) is 21.6. The van der Waals surface area contributed by atoms with Crippen molar-refractivity contribution in [2.75, 3.05) is 6.67 Å². The number of nitriles is 1. The first-order chi connectivity index (χ1) is 15.2. The quantitative estimate of drug-likeness (QED) is 0.271. The molecule has 0 aliphatic heterocycles. The van der Waals surface area contributed by atoms with Gasteiger partial charge in [-0.05, 0) is 92.7 Å². The minimum Gasteiger partial charge on any atom is -0.251 e. The van der Waals surface area contributed by atoms with Gasteiger partial charge in [0.2, 0.25) is 0 Å². The second-order valence-corrected chi connectivity index (χ2v) is 9.91. The predicted octanol–water partition coefficient (Wildman–Crippen LogP) is 8.64. The van der Waals surface area contributed by atoms with Gasteiger partial charge in [-0.15, -0.1) is 0 Å². The van der Waals surface area contributed by atoms with Crippen molar-refractivity contribution in [1.82, 2.24) is 0 Å². The Hall–Kier alpha value is -1.69. The van der Waals surface area contributed by atoms with Crippen LogP contribution in [0.4, 0.5) is 8.78 Å². The van der Waals surface area contributed by atoms with Crippen LogP contribution < -0.4 is 0 Å². The minimum absolute atomic E-state index is 0.150. The highest BCUT2D eigenvalue weighted by Crippen LogP contribution is 2.40. The lowest BCUT2D eigenvalue weighted by Gasteiger charge is -2.32. The van der Waals surface area contributed by atoms with Crippen LogP contribution in [0.25, 0.3) is 0 Å². The van der Waals surface area contributed by atoms with Crippen LogP contribution in [0, 0.1) is 34.9 Å². The first kappa shape index (κ1) is 24.0. The van der Waals surface area contributed by atoms with E-state index in [9.17, 15) is 8.78 Å². The Labute approximate surface area is 187 Å². The lowest BCUT2D eigenvalue weighted by Crippen LogP contribution is -2.18. The van der Waals surface area contributed by atoms with Crippen molar-refractivity contribution in [3.05, 3.63) is 47.3 Å². The normalized spacial score (nSPS) is 26.7. The lowest BCUT2D eigenvalue weighted by atomic mass is 9.74. The third-order valence-electron chi connectivity index (χ3n) is 7.79. The zero-order chi connectivity index (χ0) is 21.9. The van der Waals surface area contributed by atoms with E-state index in [4.69, 9.17) is 5.26 Å². The SMILES string of the molecule is N#Cc1ccc([C@H]2CC[C@H](CC[C@H]3CC[C@H](CCC=CCCCF)CC3)CC2)cc1F. The molecule has 3 heteroatoms. The molecule has 170 valence electrons. The number of halogens is 2. The topological polar surface area (TPSA) is 23.8 Å². The van der Waals surface area contributed by atoms with Crippen molar-refractivity contribution in [3.8, 4) is 6.07 Å². The first-order valence-corrected chi connectivity index (χ1v) is 12.6. The maximum atomic E-state index is 13.9. The van der Waals surface area contributed by atoms with Crippen LogP contribution >= 0.6 is 0 Å². The van der Waals surface area contributed by atoms with E-state index >= 15 is 0 Å². The molecule has 0 spiro atoms. The van der Waals surface area contributed by atoms with Gasteiger partial charge in [0.05, 0.1) is 12.2 Å². The Bertz CT molecular complexity index is 719. The number of allylic oxidation sites excluding steroid dienone is 2. The third-order valence-corrected chi connectivity index (χ3v) is 7.79. The van der Waals surface area contributed by atoms with E-state index in [-0.39, 0.29) is 18.1 Å². The van der Waals surface area contributed by atoms with Crippen molar-refractivity contribution in [2.45, 2.75) is 95.8 Å². The molecule has 1 aromatic rings. The zero-order valence-electron chi connectivity index (χ0n) is 19.0. The van der Waals surface area contributed by atoms with Gasteiger partial charge in [-0.2, -0.15) is 5.26 Å². The standard InChI is InChI=1S/C28H39F2N/c29-19-5-3-1-2-4-6-22-7-9-23(10-8-22)11-12-24-13-15-25(16-14-24)26-17-18-27(21-31)28(30)20-26/h1-2,17-18,20,22-25H,3-16,19H2/t22-,23-,24-,25-. The van der Waals surface area contributed by atoms with Crippen LogP contribution in [0.5, 0.6) is 0 Å². The summed E-state index contributed by atoms with van der Waals surface area (Å²) in [5.41, 5.74) is 1.22. The van der Waals surface area contributed by atoms with Gasteiger partial charge in [0.1, 0.15) is 11.9 Å². The molecule has 1 nitrogen and oxygen atoms in total. The highest BCUT2D eigenvalue weighted by molar-refractivity contribution is 5.34. The molecular weight excluding hydrogens is 388 g/mol. The molecule has 0 amide bonds. The van der Waals surface area contributed by atoms with E-state index in [1.54, 1.807) is 12.1 Å². The van der Waals surface area contributed by atoms with E-state index in [0.717, 1.165) is 49.0 Å². The summed E-state index contributed by atoms with van der Waals surface area (Å²) >= 11 is 0. The number of benzene rings is 1. The second-order valence-electron chi connectivity index (χ2n) is 9.91. The predicted molar refractivity (Wildman–Crippen MR) is 124 cm³/mol. The molecule has 3 rings (SSSR count). The number of alkyl halides is 1.